The number of rotatable bonds is 12. The van der Waals surface area contributed by atoms with E-state index in [-0.39, 0.29) is 0 Å². The first-order chi connectivity index (χ1) is 9.83. The molecule has 0 spiro atoms. The second-order valence-electron chi connectivity index (χ2n) is 5.69. The minimum Gasteiger partial charge on any atom is -0.309 e. The molecule has 3 heteroatoms. The van der Waals surface area contributed by atoms with Crippen LogP contribution in [0.5, 0.6) is 0 Å². The SMILES string of the molecule is CCCCCCCC(NCCC)c1ccnn1CCC. The molecule has 0 aliphatic rings. The molecule has 1 atom stereocenters. The highest BCUT2D eigenvalue weighted by atomic mass is 15.3. The summed E-state index contributed by atoms with van der Waals surface area (Å²) in [6.07, 6.45) is 12.3. The van der Waals surface area contributed by atoms with Gasteiger partial charge >= 0.3 is 0 Å². The van der Waals surface area contributed by atoms with Gasteiger partial charge in [-0.05, 0) is 31.9 Å². The third-order valence-corrected chi connectivity index (χ3v) is 3.78. The van der Waals surface area contributed by atoms with Crippen LogP contribution in [-0.2, 0) is 6.54 Å². The van der Waals surface area contributed by atoms with Gasteiger partial charge in [0.1, 0.15) is 0 Å². The molecular weight excluding hydrogens is 246 g/mol. The van der Waals surface area contributed by atoms with Crippen LogP contribution < -0.4 is 5.32 Å². The maximum Gasteiger partial charge on any atom is 0.0553 e. The van der Waals surface area contributed by atoms with Crippen molar-refractivity contribution in [2.45, 2.75) is 84.7 Å². The van der Waals surface area contributed by atoms with Crippen LogP contribution in [0.2, 0.25) is 0 Å². The van der Waals surface area contributed by atoms with Crippen molar-refractivity contribution < 1.29 is 0 Å². The fourth-order valence-corrected chi connectivity index (χ4v) is 2.66. The Kier molecular flexibility index (Phi) is 9.38. The van der Waals surface area contributed by atoms with Gasteiger partial charge in [-0.15, -0.1) is 0 Å². The van der Waals surface area contributed by atoms with Crippen LogP contribution in [-0.4, -0.2) is 16.3 Å². The third-order valence-electron chi connectivity index (χ3n) is 3.78. The van der Waals surface area contributed by atoms with Crippen molar-refractivity contribution in [3.8, 4) is 0 Å². The number of unbranched alkanes of at least 4 members (excludes halogenated alkanes) is 4. The van der Waals surface area contributed by atoms with Crippen LogP contribution >= 0.6 is 0 Å². The van der Waals surface area contributed by atoms with Crippen LogP contribution in [0.3, 0.4) is 0 Å². The molecule has 0 amide bonds. The molecule has 0 saturated carbocycles. The predicted octanol–water partition coefficient (Wildman–Crippen LogP) is 4.69. The van der Waals surface area contributed by atoms with Gasteiger partial charge in [-0.1, -0.05) is 52.9 Å². The van der Waals surface area contributed by atoms with E-state index in [1.54, 1.807) is 0 Å². The van der Waals surface area contributed by atoms with Gasteiger partial charge in [-0.25, -0.2) is 0 Å². The topological polar surface area (TPSA) is 29.9 Å². The van der Waals surface area contributed by atoms with Gasteiger partial charge in [0, 0.05) is 18.8 Å². The number of nitrogens with one attached hydrogen (secondary N) is 1. The van der Waals surface area contributed by atoms with Crippen LogP contribution in [0.4, 0.5) is 0 Å². The van der Waals surface area contributed by atoms with Gasteiger partial charge < -0.3 is 5.32 Å². The second kappa shape index (κ2) is 10.9. The summed E-state index contributed by atoms with van der Waals surface area (Å²) in [6, 6.07) is 2.67. The normalized spacial score (nSPS) is 12.8. The maximum atomic E-state index is 4.47. The Labute approximate surface area is 125 Å². The van der Waals surface area contributed by atoms with Crippen molar-refractivity contribution in [2.24, 2.45) is 0 Å². The average molecular weight is 279 g/mol. The monoisotopic (exact) mass is 279 g/mol. The molecule has 0 saturated heterocycles. The number of hydrogen-bond acceptors (Lipinski definition) is 2. The fraction of sp³-hybridized carbons (Fsp3) is 0.824. The van der Waals surface area contributed by atoms with Crippen molar-refractivity contribution in [1.29, 1.82) is 0 Å². The predicted molar refractivity (Wildman–Crippen MR) is 86.9 cm³/mol. The van der Waals surface area contributed by atoms with Crippen LogP contribution in [0.15, 0.2) is 12.3 Å². The molecule has 0 aromatic carbocycles. The quantitative estimate of drug-likeness (QED) is 0.562. The molecule has 1 N–H and O–H groups in total. The smallest absolute Gasteiger partial charge is 0.0553 e. The Morgan fingerprint density at radius 2 is 1.85 bits per heavy atom. The minimum atomic E-state index is 0.477. The van der Waals surface area contributed by atoms with Gasteiger partial charge in [0.25, 0.3) is 0 Å². The Morgan fingerprint density at radius 1 is 1.05 bits per heavy atom. The molecule has 0 aliphatic heterocycles. The van der Waals surface area contributed by atoms with E-state index in [1.807, 2.05) is 6.20 Å². The second-order valence-corrected chi connectivity index (χ2v) is 5.69. The summed E-state index contributed by atoms with van der Waals surface area (Å²) in [5, 5.41) is 8.17. The molecule has 1 heterocycles. The molecule has 1 rings (SSSR count). The molecule has 20 heavy (non-hydrogen) atoms. The zero-order chi connectivity index (χ0) is 14.6. The number of aryl methyl sites for hydroxylation is 1. The molecule has 0 aliphatic carbocycles. The zero-order valence-electron chi connectivity index (χ0n) is 13.7. The van der Waals surface area contributed by atoms with Crippen LogP contribution in [0.1, 0.15) is 83.9 Å². The fourth-order valence-electron chi connectivity index (χ4n) is 2.66. The molecule has 116 valence electrons. The van der Waals surface area contributed by atoms with Gasteiger partial charge in [-0.3, -0.25) is 4.68 Å². The first-order valence-electron chi connectivity index (χ1n) is 8.58. The number of nitrogens with zero attached hydrogens (tertiary/aromatic N) is 2. The summed E-state index contributed by atoms with van der Waals surface area (Å²) >= 11 is 0. The molecule has 0 fully saturated rings. The van der Waals surface area contributed by atoms with E-state index < -0.39 is 0 Å². The molecule has 1 aromatic heterocycles. The third kappa shape index (κ3) is 6.08. The molecular formula is C17H33N3. The number of hydrogen-bond donors (Lipinski definition) is 1. The first-order valence-corrected chi connectivity index (χ1v) is 8.58. The summed E-state index contributed by atoms with van der Waals surface area (Å²) in [6.45, 7) is 8.84. The zero-order valence-corrected chi connectivity index (χ0v) is 13.7. The van der Waals surface area contributed by atoms with Crippen molar-refractivity contribution in [3.63, 3.8) is 0 Å². The van der Waals surface area contributed by atoms with E-state index >= 15 is 0 Å². The van der Waals surface area contributed by atoms with E-state index in [0.29, 0.717) is 6.04 Å². The molecule has 1 aromatic rings. The summed E-state index contributed by atoms with van der Waals surface area (Å²) in [5.74, 6) is 0. The minimum absolute atomic E-state index is 0.477. The van der Waals surface area contributed by atoms with E-state index in [1.165, 1.54) is 50.6 Å². The van der Waals surface area contributed by atoms with E-state index in [9.17, 15) is 0 Å². The van der Waals surface area contributed by atoms with Crippen LogP contribution in [0.25, 0.3) is 0 Å². The lowest BCUT2D eigenvalue weighted by Gasteiger charge is -2.20. The van der Waals surface area contributed by atoms with Gasteiger partial charge in [0.05, 0.1) is 5.69 Å². The highest BCUT2D eigenvalue weighted by Crippen LogP contribution is 2.20. The Morgan fingerprint density at radius 3 is 2.55 bits per heavy atom. The molecule has 1 unspecified atom stereocenters. The summed E-state index contributed by atoms with van der Waals surface area (Å²) in [5.41, 5.74) is 1.37. The van der Waals surface area contributed by atoms with Crippen molar-refractivity contribution >= 4 is 0 Å². The highest BCUT2D eigenvalue weighted by Gasteiger charge is 2.14. The lowest BCUT2D eigenvalue weighted by Crippen LogP contribution is -2.25. The standard InChI is InChI=1S/C17H33N3/c1-4-7-8-9-10-11-16(18-13-5-2)17-12-14-19-20(17)15-6-3/h12,14,16,18H,4-11,13,15H2,1-3H3. The average Bonchev–Trinajstić information content (AvgIpc) is 2.90. The van der Waals surface area contributed by atoms with E-state index in [2.05, 4.69) is 41.9 Å². The van der Waals surface area contributed by atoms with Gasteiger partial charge in [-0.2, -0.15) is 5.10 Å². The summed E-state index contributed by atoms with van der Waals surface area (Å²) in [4.78, 5) is 0. The Bertz CT molecular complexity index is 333. The maximum absolute atomic E-state index is 4.47. The van der Waals surface area contributed by atoms with Gasteiger partial charge in [0.15, 0.2) is 0 Å². The van der Waals surface area contributed by atoms with E-state index in [0.717, 1.165) is 19.5 Å². The molecule has 3 nitrogen and oxygen atoms in total. The lowest BCUT2D eigenvalue weighted by atomic mass is 10.0. The lowest BCUT2D eigenvalue weighted by molar-refractivity contribution is 0.430. The van der Waals surface area contributed by atoms with Gasteiger partial charge in [0.2, 0.25) is 0 Å². The summed E-state index contributed by atoms with van der Waals surface area (Å²) < 4.78 is 2.18. The first kappa shape index (κ1) is 17.2. The Hall–Kier alpha value is -0.830. The number of aromatic nitrogens is 2. The largest absolute Gasteiger partial charge is 0.309 e. The van der Waals surface area contributed by atoms with Crippen molar-refractivity contribution in [3.05, 3.63) is 18.0 Å². The van der Waals surface area contributed by atoms with E-state index in [4.69, 9.17) is 0 Å². The molecule has 0 radical (unpaired) electrons. The highest BCUT2D eigenvalue weighted by molar-refractivity contribution is 5.07. The Balaban J connectivity index is 2.51. The summed E-state index contributed by atoms with van der Waals surface area (Å²) in [7, 11) is 0. The van der Waals surface area contributed by atoms with Crippen LogP contribution in [0, 0.1) is 0 Å². The van der Waals surface area contributed by atoms with Crippen molar-refractivity contribution in [1.82, 2.24) is 15.1 Å². The molecule has 0 bridgehead atoms. The van der Waals surface area contributed by atoms with Crippen molar-refractivity contribution in [2.75, 3.05) is 6.54 Å².